The molecule has 3 aromatic heterocycles. The minimum absolute atomic E-state index is 0.0559. The molecule has 0 amide bonds. The van der Waals surface area contributed by atoms with Gasteiger partial charge in [0, 0.05) is 59.7 Å². The van der Waals surface area contributed by atoms with Crippen molar-refractivity contribution >= 4 is 51.0 Å². The lowest BCUT2D eigenvalue weighted by atomic mass is 9.92. The lowest BCUT2D eigenvalue weighted by Crippen LogP contribution is -2.30. The minimum atomic E-state index is -0.990. The lowest BCUT2D eigenvalue weighted by molar-refractivity contribution is 0.0685. The Balaban J connectivity index is 1.30. The van der Waals surface area contributed by atoms with E-state index in [4.69, 9.17) is 26.5 Å². The largest absolute Gasteiger partial charge is 0.493 e. The third-order valence-corrected chi connectivity index (χ3v) is 11.6. The molecule has 2 aliphatic rings. The second-order valence-corrected chi connectivity index (χ2v) is 14.9. The first kappa shape index (κ1) is 32.9. The molecule has 0 radical (unpaired) electrons. The molecule has 3 aromatic carbocycles. The van der Waals surface area contributed by atoms with E-state index in [1.165, 1.54) is 12.1 Å². The van der Waals surface area contributed by atoms with Gasteiger partial charge in [0.2, 0.25) is 0 Å². The van der Waals surface area contributed by atoms with Crippen molar-refractivity contribution in [2.24, 2.45) is 14.1 Å². The second-order valence-electron chi connectivity index (χ2n) is 13.4. The number of aromatic carboxylic acids is 1. The highest BCUT2D eigenvalue weighted by molar-refractivity contribution is 7.98. The van der Waals surface area contributed by atoms with Gasteiger partial charge in [0.15, 0.2) is 0 Å². The van der Waals surface area contributed by atoms with E-state index in [2.05, 4.69) is 22.7 Å². The zero-order chi connectivity index (χ0) is 34.8. The first-order valence-electron chi connectivity index (χ1n) is 16.9. The Morgan fingerprint density at radius 2 is 1.86 bits per heavy atom. The van der Waals surface area contributed by atoms with Crippen LogP contribution >= 0.6 is 23.4 Å². The molecule has 0 aliphatic carbocycles. The summed E-state index contributed by atoms with van der Waals surface area (Å²) in [5.74, 6) is 0.0200. The number of ether oxygens (including phenoxy) is 1. The Morgan fingerprint density at radius 3 is 2.68 bits per heavy atom. The van der Waals surface area contributed by atoms with Crippen molar-refractivity contribution in [1.82, 2.24) is 29.0 Å². The molecule has 12 heteroatoms. The van der Waals surface area contributed by atoms with Gasteiger partial charge in [-0.1, -0.05) is 17.7 Å². The number of carbonyl (C=O) groups is 1. The quantitative estimate of drug-likeness (QED) is 0.183. The molecule has 0 saturated carbocycles. The molecule has 1 N–H and O–H groups in total. The van der Waals surface area contributed by atoms with Crippen molar-refractivity contribution in [2.75, 3.05) is 13.7 Å². The van der Waals surface area contributed by atoms with Crippen LogP contribution in [-0.4, -0.2) is 53.8 Å². The van der Waals surface area contributed by atoms with Gasteiger partial charge in [0.25, 0.3) is 0 Å². The number of aromatic nitrogens is 5. The lowest BCUT2D eigenvalue weighted by Gasteiger charge is -2.33. The SMILES string of the molecule is Cc1nn2c3c1-c1c(Cl)ccc4c(c(C(=O)O)n(C)c14)CCCOc1cc(cc4cc(F)ccc14)SCc1cc(n(C)n1)CN(C)C3CCC2. The fourth-order valence-electron chi connectivity index (χ4n) is 8.01. The van der Waals surface area contributed by atoms with Crippen LogP contribution in [0.4, 0.5) is 4.39 Å². The fourth-order valence-corrected chi connectivity index (χ4v) is 9.11. The number of hydrogen-bond acceptors (Lipinski definition) is 6. The van der Waals surface area contributed by atoms with Gasteiger partial charge in [-0.05, 0) is 93.1 Å². The highest BCUT2D eigenvalue weighted by Gasteiger charge is 2.34. The average Bonchev–Trinajstić information content (AvgIpc) is 3.70. The monoisotopic (exact) mass is 712 g/mol. The predicted molar refractivity (Wildman–Crippen MR) is 195 cm³/mol. The van der Waals surface area contributed by atoms with Gasteiger partial charge < -0.3 is 14.4 Å². The van der Waals surface area contributed by atoms with Crippen LogP contribution in [0.3, 0.4) is 0 Å². The number of rotatable bonds is 1. The molecule has 0 saturated heterocycles. The number of thioether (sulfide) groups is 1. The number of carboxylic acid groups (broad SMARTS) is 1. The van der Waals surface area contributed by atoms with Crippen molar-refractivity contribution in [3.63, 3.8) is 0 Å². The van der Waals surface area contributed by atoms with Crippen molar-refractivity contribution in [3.05, 3.63) is 93.4 Å². The Labute approximate surface area is 298 Å². The zero-order valence-corrected chi connectivity index (χ0v) is 30.0. The molecule has 50 heavy (non-hydrogen) atoms. The Bertz CT molecular complexity index is 2330. The summed E-state index contributed by atoms with van der Waals surface area (Å²) in [7, 11) is 5.94. The summed E-state index contributed by atoms with van der Waals surface area (Å²) in [4.78, 5) is 16.2. The molecular weight excluding hydrogens is 675 g/mol. The maximum Gasteiger partial charge on any atom is 0.352 e. The Kier molecular flexibility index (Phi) is 8.40. The molecule has 9 nitrogen and oxygen atoms in total. The van der Waals surface area contributed by atoms with E-state index >= 15 is 0 Å². The van der Waals surface area contributed by atoms with Crippen LogP contribution in [0.15, 0.2) is 53.4 Å². The topological polar surface area (TPSA) is 90.3 Å². The van der Waals surface area contributed by atoms with E-state index < -0.39 is 5.97 Å². The zero-order valence-electron chi connectivity index (χ0n) is 28.5. The molecule has 8 rings (SSSR count). The van der Waals surface area contributed by atoms with E-state index in [-0.39, 0.29) is 17.6 Å². The molecule has 2 aliphatic heterocycles. The van der Waals surface area contributed by atoms with Crippen LogP contribution < -0.4 is 4.74 Å². The van der Waals surface area contributed by atoms with Crippen molar-refractivity contribution in [1.29, 1.82) is 0 Å². The smallest absolute Gasteiger partial charge is 0.352 e. The maximum atomic E-state index is 14.4. The fraction of sp³-hybridized carbons (Fsp3) is 0.342. The third-order valence-electron chi connectivity index (χ3n) is 10.2. The molecule has 5 heterocycles. The first-order chi connectivity index (χ1) is 24.1. The first-order valence-corrected chi connectivity index (χ1v) is 18.3. The standard InChI is InChI=1S/C38H38ClFN6O3S/c1-21-33-34-30(39)12-11-29-28(36(38(47)48)44(3)35(29)34)7-6-14-49-32-18-26(16-22-15-23(40)9-10-27(22)32)50-20-24-17-25(45(4)42-24)19-43(2)31-8-5-13-46(41-21)37(31)33/h9-12,15-18,31H,5-8,13-14,19-20H2,1-4H3,(H,47,48). The molecular formula is C38H38ClFN6O3S. The summed E-state index contributed by atoms with van der Waals surface area (Å²) >= 11 is 8.75. The van der Waals surface area contributed by atoms with Gasteiger partial charge in [-0.15, -0.1) is 11.8 Å². The van der Waals surface area contributed by atoms with E-state index in [0.717, 1.165) is 85.4 Å². The van der Waals surface area contributed by atoms with Crippen molar-refractivity contribution in [2.45, 2.75) is 62.4 Å². The number of nitrogens with zero attached hydrogens (tertiary/aromatic N) is 6. The number of halogens is 2. The summed E-state index contributed by atoms with van der Waals surface area (Å²) in [5.41, 5.74) is 7.59. The summed E-state index contributed by atoms with van der Waals surface area (Å²) in [5, 5.41) is 23.4. The van der Waals surface area contributed by atoms with Gasteiger partial charge in [0.05, 0.1) is 46.0 Å². The van der Waals surface area contributed by atoms with Crippen molar-refractivity contribution in [3.8, 4) is 16.9 Å². The summed E-state index contributed by atoms with van der Waals surface area (Å²) < 4.78 is 26.6. The van der Waals surface area contributed by atoms with Crippen LogP contribution in [0.25, 0.3) is 32.8 Å². The maximum absolute atomic E-state index is 14.4. The number of hydrogen-bond donors (Lipinski definition) is 1. The van der Waals surface area contributed by atoms with Gasteiger partial charge >= 0.3 is 5.97 Å². The van der Waals surface area contributed by atoms with Crippen LogP contribution in [0, 0.1) is 12.7 Å². The molecule has 8 bridgehead atoms. The molecule has 6 aromatic rings. The van der Waals surface area contributed by atoms with Crippen LogP contribution in [0.2, 0.25) is 5.02 Å². The van der Waals surface area contributed by atoms with Gasteiger partial charge in [0.1, 0.15) is 17.3 Å². The molecule has 0 spiro atoms. The summed E-state index contributed by atoms with van der Waals surface area (Å²) in [6.45, 7) is 3.85. The van der Waals surface area contributed by atoms with E-state index in [1.807, 2.05) is 50.0 Å². The highest BCUT2D eigenvalue weighted by Crippen LogP contribution is 2.46. The van der Waals surface area contributed by atoms with Crippen LogP contribution in [0.5, 0.6) is 5.75 Å². The van der Waals surface area contributed by atoms with Gasteiger partial charge in [-0.25, -0.2) is 9.18 Å². The third kappa shape index (κ3) is 5.56. The predicted octanol–water partition coefficient (Wildman–Crippen LogP) is 8.31. The minimum Gasteiger partial charge on any atom is -0.493 e. The summed E-state index contributed by atoms with van der Waals surface area (Å²) in [6.07, 6.45) is 3.00. The molecule has 1 unspecified atom stereocenters. The van der Waals surface area contributed by atoms with Crippen LogP contribution in [0.1, 0.15) is 64.1 Å². The normalized spacial score (nSPS) is 17.1. The van der Waals surface area contributed by atoms with E-state index in [9.17, 15) is 14.3 Å². The summed E-state index contributed by atoms with van der Waals surface area (Å²) in [6, 6.07) is 14.8. The number of aryl methyl sites for hydroxylation is 5. The number of benzene rings is 3. The van der Waals surface area contributed by atoms with E-state index in [1.54, 1.807) is 22.4 Å². The second kappa shape index (κ2) is 12.8. The molecule has 1 atom stereocenters. The van der Waals surface area contributed by atoms with Gasteiger partial charge in [-0.2, -0.15) is 10.2 Å². The van der Waals surface area contributed by atoms with Gasteiger partial charge in [-0.3, -0.25) is 14.3 Å². The number of carboxylic acids is 1. The highest BCUT2D eigenvalue weighted by atomic mass is 35.5. The number of fused-ring (bicyclic) bond motifs is 7. The van der Waals surface area contributed by atoms with E-state index in [0.29, 0.717) is 42.5 Å². The molecule has 0 fully saturated rings. The average molecular weight is 713 g/mol. The molecule has 258 valence electrons. The van der Waals surface area contributed by atoms with Crippen LogP contribution in [-0.2, 0) is 39.4 Å². The van der Waals surface area contributed by atoms with Crippen molar-refractivity contribution < 1.29 is 19.0 Å². The Hall–Kier alpha value is -4.32. The Morgan fingerprint density at radius 1 is 1.04 bits per heavy atom.